The lowest BCUT2D eigenvalue weighted by atomic mass is 10.2. The lowest BCUT2D eigenvalue weighted by Crippen LogP contribution is -1.86. The van der Waals surface area contributed by atoms with E-state index in [0.29, 0.717) is 0 Å². The summed E-state index contributed by atoms with van der Waals surface area (Å²) in [6, 6.07) is 6.18. The lowest BCUT2D eigenvalue weighted by molar-refractivity contribution is 0.416. The number of rotatable bonds is 3. The van der Waals surface area contributed by atoms with Crippen LogP contribution in [0, 0.1) is 0 Å². The minimum absolute atomic E-state index is 0.884. The van der Waals surface area contributed by atoms with Crippen LogP contribution in [0.4, 0.5) is 0 Å². The van der Waals surface area contributed by atoms with Crippen LogP contribution >= 0.6 is 11.3 Å². The summed E-state index contributed by atoms with van der Waals surface area (Å²) in [6.07, 6.45) is 4.67. The zero-order valence-electron chi connectivity index (χ0n) is 8.86. The van der Waals surface area contributed by atoms with Crippen LogP contribution < -0.4 is 4.74 Å². The molecule has 0 aliphatic rings. The molecular formula is C12H13NOS. The van der Waals surface area contributed by atoms with Crippen LogP contribution in [0.15, 0.2) is 30.6 Å². The van der Waals surface area contributed by atoms with Gasteiger partial charge in [0, 0.05) is 22.1 Å². The number of aryl methyl sites for hydroxylation is 1. The van der Waals surface area contributed by atoms with Crippen molar-refractivity contribution in [2.24, 2.45) is 0 Å². The van der Waals surface area contributed by atoms with Crippen LogP contribution in [0.1, 0.15) is 11.8 Å². The Balaban J connectivity index is 2.44. The van der Waals surface area contributed by atoms with Gasteiger partial charge in [0.1, 0.15) is 5.75 Å². The van der Waals surface area contributed by atoms with Crippen LogP contribution in [-0.4, -0.2) is 12.1 Å². The highest BCUT2D eigenvalue weighted by atomic mass is 32.1. The summed E-state index contributed by atoms with van der Waals surface area (Å²) in [7, 11) is 1.69. The molecule has 78 valence electrons. The molecule has 0 bridgehead atoms. The van der Waals surface area contributed by atoms with E-state index in [9.17, 15) is 0 Å². The van der Waals surface area contributed by atoms with Crippen LogP contribution in [0.5, 0.6) is 5.75 Å². The maximum absolute atomic E-state index is 5.31. The van der Waals surface area contributed by atoms with Crippen molar-refractivity contribution in [1.82, 2.24) is 4.98 Å². The third-order valence-electron chi connectivity index (χ3n) is 2.28. The average molecular weight is 219 g/mol. The molecule has 0 amide bonds. The van der Waals surface area contributed by atoms with Gasteiger partial charge in [0.15, 0.2) is 0 Å². The zero-order chi connectivity index (χ0) is 10.7. The molecule has 3 heteroatoms. The number of methoxy groups -OCH3 is 1. The minimum atomic E-state index is 0.884. The Morgan fingerprint density at radius 2 is 2.20 bits per heavy atom. The second-order valence-corrected chi connectivity index (χ2v) is 4.36. The van der Waals surface area contributed by atoms with Gasteiger partial charge in [-0.2, -0.15) is 0 Å². The Hall–Kier alpha value is -1.35. The predicted molar refractivity (Wildman–Crippen MR) is 63.5 cm³/mol. The second kappa shape index (κ2) is 4.45. The van der Waals surface area contributed by atoms with E-state index in [-0.39, 0.29) is 0 Å². The molecule has 0 aromatic carbocycles. The maximum Gasteiger partial charge on any atom is 0.130 e. The SMILES string of the molecule is CCc1ccc(-c2cnccc2OC)s1. The number of nitrogens with zero attached hydrogens (tertiary/aromatic N) is 1. The number of aromatic nitrogens is 1. The fraction of sp³-hybridized carbons (Fsp3) is 0.250. The molecule has 0 spiro atoms. The molecule has 15 heavy (non-hydrogen) atoms. The van der Waals surface area contributed by atoms with Gasteiger partial charge in [0.2, 0.25) is 0 Å². The molecule has 0 atom stereocenters. The third kappa shape index (κ3) is 2.02. The molecule has 0 N–H and O–H groups in total. The van der Waals surface area contributed by atoms with Gasteiger partial charge < -0.3 is 4.74 Å². The quantitative estimate of drug-likeness (QED) is 0.789. The Morgan fingerprint density at radius 1 is 1.33 bits per heavy atom. The van der Waals surface area contributed by atoms with Gasteiger partial charge in [-0.15, -0.1) is 11.3 Å². The van der Waals surface area contributed by atoms with E-state index in [0.717, 1.165) is 17.7 Å². The van der Waals surface area contributed by atoms with E-state index in [1.165, 1.54) is 9.75 Å². The van der Waals surface area contributed by atoms with Crippen molar-refractivity contribution in [3.8, 4) is 16.2 Å². The van der Waals surface area contributed by atoms with Crippen LogP contribution in [0.3, 0.4) is 0 Å². The van der Waals surface area contributed by atoms with Crippen molar-refractivity contribution < 1.29 is 4.74 Å². The fourth-order valence-corrected chi connectivity index (χ4v) is 2.42. The molecule has 0 saturated carbocycles. The molecule has 2 aromatic rings. The highest BCUT2D eigenvalue weighted by Crippen LogP contribution is 2.34. The molecule has 0 fully saturated rings. The van der Waals surface area contributed by atoms with Crippen molar-refractivity contribution in [1.29, 1.82) is 0 Å². The van der Waals surface area contributed by atoms with Gasteiger partial charge in [-0.3, -0.25) is 4.98 Å². The first-order chi connectivity index (χ1) is 7.35. The first kappa shape index (κ1) is 10.2. The normalized spacial score (nSPS) is 10.3. The zero-order valence-corrected chi connectivity index (χ0v) is 9.67. The number of hydrogen-bond donors (Lipinski definition) is 0. The molecule has 0 aliphatic heterocycles. The predicted octanol–water partition coefficient (Wildman–Crippen LogP) is 3.38. The van der Waals surface area contributed by atoms with Crippen molar-refractivity contribution in [3.63, 3.8) is 0 Å². The van der Waals surface area contributed by atoms with Gasteiger partial charge >= 0.3 is 0 Å². The monoisotopic (exact) mass is 219 g/mol. The molecule has 0 aliphatic carbocycles. The van der Waals surface area contributed by atoms with E-state index in [2.05, 4.69) is 24.0 Å². The molecule has 2 nitrogen and oxygen atoms in total. The Morgan fingerprint density at radius 3 is 2.87 bits per heavy atom. The van der Waals surface area contributed by atoms with Gasteiger partial charge in [-0.05, 0) is 24.6 Å². The van der Waals surface area contributed by atoms with Gasteiger partial charge in [-0.1, -0.05) is 6.92 Å². The van der Waals surface area contributed by atoms with Gasteiger partial charge in [0.25, 0.3) is 0 Å². The summed E-state index contributed by atoms with van der Waals surface area (Å²) in [5.74, 6) is 0.884. The fourth-order valence-electron chi connectivity index (χ4n) is 1.46. The molecular weight excluding hydrogens is 206 g/mol. The Bertz CT molecular complexity index is 450. The molecule has 0 radical (unpaired) electrons. The molecule has 2 rings (SSSR count). The topological polar surface area (TPSA) is 22.1 Å². The average Bonchev–Trinajstić information content (AvgIpc) is 2.77. The van der Waals surface area contributed by atoms with Crippen molar-refractivity contribution in [3.05, 3.63) is 35.5 Å². The van der Waals surface area contributed by atoms with Crippen molar-refractivity contribution in [2.75, 3.05) is 7.11 Å². The highest BCUT2D eigenvalue weighted by molar-refractivity contribution is 7.15. The first-order valence-electron chi connectivity index (χ1n) is 4.92. The summed E-state index contributed by atoms with van der Waals surface area (Å²) >= 11 is 1.80. The van der Waals surface area contributed by atoms with E-state index in [4.69, 9.17) is 4.74 Å². The van der Waals surface area contributed by atoms with Crippen molar-refractivity contribution >= 4 is 11.3 Å². The third-order valence-corrected chi connectivity index (χ3v) is 3.54. The smallest absolute Gasteiger partial charge is 0.130 e. The van der Waals surface area contributed by atoms with E-state index in [1.54, 1.807) is 24.6 Å². The Kier molecular flexibility index (Phi) is 3.02. The summed E-state index contributed by atoms with van der Waals surface area (Å²) in [5, 5.41) is 0. The summed E-state index contributed by atoms with van der Waals surface area (Å²) < 4.78 is 5.31. The standard InChI is InChI=1S/C12H13NOS/c1-3-9-4-5-12(15-9)10-8-13-7-6-11(10)14-2/h4-8H,3H2,1-2H3. The number of pyridine rings is 1. The lowest BCUT2D eigenvalue weighted by Gasteiger charge is -2.04. The van der Waals surface area contributed by atoms with E-state index >= 15 is 0 Å². The van der Waals surface area contributed by atoms with Crippen LogP contribution in [0.2, 0.25) is 0 Å². The summed E-state index contributed by atoms with van der Waals surface area (Å²) in [6.45, 7) is 2.16. The maximum atomic E-state index is 5.31. The second-order valence-electron chi connectivity index (χ2n) is 3.20. The minimum Gasteiger partial charge on any atom is -0.496 e. The number of hydrogen-bond acceptors (Lipinski definition) is 3. The molecule has 2 heterocycles. The molecule has 0 saturated heterocycles. The molecule has 2 aromatic heterocycles. The number of thiophene rings is 1. The highest BCUT2D eigenvalue weighted by Gasteiger charge is 2.07. The van der Waals surface area contributed by atoms with Crippen LogP contribution in [-0.2, 0) is 6.42 Å². The van der Waals surface area contributed by atoms with Crippen LogP contribution in [0.25, 0.3) is 10.4 Å². The molecule has 0 unspecified atom stereocenters. The van der Waals surface area contributed by atoms with Gasteiger partial charge in [-0.25, -0.2) is 0 Å². The number of ether oxygens (including phenoxy) is 1. The van der Waals surface area contributed by atoms with Gasteiger partial charge in [0.05, 0.1) is 12.7 Å². The summed E-state index contributed by atoms with van der Waals surface area (Å²) in [5.41, 5.74) is 1.07. The van der Waals surface area contributed by atoms with Crippen molar-refractivity contribution in [2.45, 2.75) is 13.3 Å². The van der Waals surface area contributed by atoms with E-state index in [1.807, 2.05) is 12.3 Å². The Labute approximate surface area is 93.6 Å². The van der Waals surface area contributed by atoms with E-state index < -0.39 is 0 Å². The largest absolute Gasteiger partial charge is 0.496 e. The first-order valence-corrected chi connectivity index (χ1v) is 5.74. The summed E-state index contributed by atoms with van der Waals surface area (Å²) in [4.78, 5) is 6.74.